The molecule has 0 saturated heterocycles. The highest BCUT2D eigenvalue weighted by Gasteiger charge is 1.99. The first-order chi connectivity index (χ1) is 5.74. The van der Waals surface area contributed by atoms with Crippen LogP contribution in [0, 0.1) is 6.92 Å². The summed E-state index contributed by atoms with van der Waals surface area (Å²) in [6, 6.07) is 0. The summed E-state index contributed by atoms with van der Waals surface area (Å²) in [6.07, 6.45) is 1.63. The normalized spacial score (nSPS) is 9.92. The van der Waals surface area contributed by atoms with E-state index in [4.69, 9.17) is 16.7 Å². The third-order valence-electron chi connectivity index (χ3n) is 1.35. The van der Waals surface area contributed by atoms with Crippen LogP contribution in [0.4, 0.5) is 5.82 Å². The Morgan fingerprint density at radius 3 is 3.08 bits per heavy atom. The zero-order valence-corrected chi connectivity index (χ0v) is 7.47. The molecule has 0 spiro atoms. The molecule has 66 valence electrons. The summed E-state index contributed by atoms with van der Waals surface area (Å²) in [4.78, 5) is 7.74. The van der Waals surface area contributed by atoms with E-state index < -0.39 is 0 Å². The minimum Gasteiger partial charge on any atom is -0.395 e. The molecule has 0 fully saturated rings. The summed E-state index contributed by atoms with van der Waals surface area (Å²) >= 11 is 5.57. The Bertz CT molecular complexity index is 267. The number of aryl methyl sites for hydroxylation is 1. The Hall–Kier alpha value is -0.870. The third kappa shape index (κ3) is 2.32. The summed E-state index contributed by atoms with van der Waals surface area (Å²) in [5.74, 6) is 0.670. The van der Waals surface area contributed by atoms with Gasteiger partial charge in [-0.25, -0.2) is 9.97 Å². The maximum absolute atomic E-state index is 8.55. The highest BCUT2D eigenvalue weighted by atomic mass is 35.5. The van der Waals surface area contributed by atoms with Crippen LogP contribution in [0.1, 0.15) is 5.56 Å². The number of aliphatic hydroxyl groups excluding tert-OH is 1. The van der Waals surface area contributed by atoms with Crippen molar-refractivity contribution in [1.29, 1.82) is 0 Å². The van der Waals surface area contributed by atoms with E-state index in [0.29, 0.717) is 12.4 Å². The van der Waals surface area contributed by atoms with Crippen molar-refractivity contribution >= 4 is 17.4 Å². The minimum atomic E-state index is 0.0705. The zero-order chi connectivity index (χ0) is 8.97. The fraction of sp³-hybridized carbons (Fsp3) is 0.429. The molecular weight excluding hydrogens is 178 g/mol. The highest BCUT2D eigenvalue weighted by molar-refractivity contribution is 6.28. The first-order valence-electron chi connectivity index (χ1n) is 3.58. The lowest BCUT2D eigenvalue weighted by atomic mass is 10.3. The van der Waals surface area contributed by atoms with Crippen LogP contribution in [-0.4, -0.2) is 28.2 Å². The molecule has 5 heteroatoms. The van der Waals surface area contributed by atoms with Gasteiger partial charge in [-0.3, -0.25) is 0 Å². The fourth-order valence-corrected chi connectivity index (χ4v) is 0.907. The number of anilines is 1. The molecule has 1 aromatic heterocycles. The molecule has 4 nitrogen and oxygen atoms in total. The second-order valence-electron chi connectivity index (χ2n) is 2.32. The van der Waals surface area contributed by atoms with Crippen molar-refractivity contribution in [2.45, 2.75) is 6.92 Å². The molecule has 1 rings (SSSR count). The molecule has 2 N–H and O–H groups in total. The van der Waals surface area contributed by atoms with Crippen molar-refractivity contribution in [3.05, 3.63) is 17.0 Å². The summed E-state index contributed by atoms with van der Waals surface area (Å²) < 4.78 is 0. The fourth-order valence-electron chi connectivity index (χ4n) is 0.774. The Balaban J connectivity index is 2.75. The smallest absolute Gasteiger partial charge is 0.224 e. The van der Waals surface area contributed by atoms with Crippen molar-refractivity contribution < 1.29 is 5.11 Å². The van der Waals surface area contributed by atoms with E-state index in [1.165, 1.54) is 0 Å². The molecular formula is C7H10ClN3O. The second kappa shape index (κ2) is 4.23. The molecule has 0 unspecified atom stereocenters. The van der Waals surface area contributed by atoms with Crippen LogP contribution in [-0.2, 0) is 0 Å². The van der Waals surface area contributed by atoms with Crippen LogP contribution in [0.3, 0.4) is 0 Å². The monoisotopic (exact) mass is 187 g/mol. The first-order valence-corrected chi connectivity index (χ1v) is 3.95. The number of halogens is 1. The van der Waals surface area contributed by atoms with Gasteiger partial charge in [-0.15, -0.1) is 0 Å². The van der Waals surface area contributed by atoms with Crippen molar-refractivity contribution in [3.63, 3.8) is 0 Å². The molecule has 0 saturated carbocycles. The van der Waals surface area contributed by atoms with Crippen molar-refractivity contribution in [2.75, 3.05) is 18.5 Å². The van der Waals surface area contributed by atoms with Gasteiger partial charge >= 0.3 is 0 Å². The Morgan fingerprint density at radius 2 is 2.42 bits per heavy atom. The van der Waals surface area contributed by atoms with Crippen LogP contribution in [0.5, 0.6) is 0 Å². The van der Waals surface area contributed by atoms with Crippen LogP contribution in [0.2, 0.25) is 5.28 Å². The molecule has 0 atom stereocenters. The quantitative estimate of drug-likeness (QED) is 0.689. The van der Waals surface area contributed by atoms with Crippen LogP contribution < -0.4 is 5.32 Å². The van der Waals surface area contributed by atoms with Gasteiger partial charge in [0.25, 0.3) is 0 Å². The van der Waals surface area contributed by atoms with Crippen molar-refractivity contribution in [1.82, 2.24) is 9.97 Å². The Labute approximate surface area is 75.6 Å². The molecule has 0 aliphatic carbocycles. The zero-order valence-electron chi connectivity index (χ0n) is 6.71. The summed E-state index contributed by atoms with van der Waals surface area (Å²) in [5.41, 5.74) is 0.910. The predicted molar refractivity (Wildman–Crippen MR) is 47.4 cm³/mol. The molecule has 0 aromatic carbocycles. The number of nitrogens with one attached hydrogen (secondary N) is 1. The number of aromatic nitrogens is 2. The van der Waals surface area contributed by atoms with Gasteiger partial charge in [0.15, 0.2) is 0 Å². The maximum atomic E-state index is 8.55. The Morgan fingerprint density at radius 1 is 1.67 bits per heavy atom. The summed E-state index contributed by atoms with van der Waals surface area (Å²) in [5, 5.41) is 11.7. The van der Waals surface area contributed by atoms with Gasteiger partial charge in [0.1, 0.15) is 5.82 Å². The molecule has 0 aliphatic heterocycles. The average molecular weight is 188 g/mol. The molecule has 0 amide bonds. The number of aliphatic hydroxyl groups is 1. The lowest BCUT2D eigenvalue weighted by Gasteiger charge is -2.05. The van der Waals surface area contributed by atoms with Crippen molar-refractivity contribution in [2.24, 2.45) is 0 Å². The average Bonchev–Trinajstić information content (AvgIpc) is 2.07. The summed E-state index contributed by atoms with van der Waals surface area (Å²) in [6.45, 7) is 2.41. The lowest BCUT2D eigenvalue weighted by Crippen LogP contribution is -2.08. The van der Waals surface area contributed by atoms with Gasteiger partial charge in [-0.05, 0) is 18.5 Å². The van der Waals surface area contributed by atoms with Gasteiger partial charge in [0, 0.05) is 18.3 Å². The van der Waals surface area contributed by atoms with Gasteiger partial charge in [-0.1, -0.05) is 0 Å². The van der Waals surface area contributed by atoms with E-state index in [1.807, 2.05) is 6.92 Å². The highest BCUT2D eigenvalue weighted by Crippen LogP contribution is 2.11. The largest absolute Gasteiger partial charge is 0.395 e. The minimum absolute atomic E-state index is 0.0705. The lowest BCUT2D eigenvalue weighted by molar-refractivity contribution is 0.311. The number of nitrogens with zero attached hydrogens (tertiary/aromatic N) is 2. The molecule has 1 aromatic rings. The van der Waals surface area contributed by atoms with E-state index >= 15 is 0 Å². The molecule has 0 bridgehead atoms. The number of rotatable bonds is 3. The van der Waals surface area contributed by atoms with Crippen molar-refractivity contribution in [3.8, 4) is 0 Å². The molecule has 12 heavy (non-hydrogen) atoms. The molecule has 0 radical (unpaired) electrons. The molecule has 1 heterocycles. The van der Waals surface area contributed by atoms with Crippen LogP contribution in [0.25, 0.3) is 0 Å². The summed E-state index contributed by atoms with van der Waals surface area (Å²) in [7, 11) is 0. The van der Waals surface area contributed by atoms with E-state index in [9.17, 15) is 0 Å². The number of hydrogen-bond acceptors (Lipinski definition) is 4. The van der Waals surface area contributed by atoms with Gasteiger partial charge in [0.2, 0.25) is 5.28 Å². The van der Waals surface area contributed by atoms with E-state index in [1.54, 1.807) is 6.20 Å². The topological polar surface area (TPSA) is 58.0 Å². The van der Waals surface area contributed by atoms with Gasteiger partial charge < -0.3 is 10.4 Å². The van der Waals surface area contributed by atoms with Crippen LogP contribution >= 0.6 is 11.6 Å². The second-order valence-corrected chi connectivity index (χ2v) is 2.66. The molecule has 0 aliphatic rings. The van der Waals surface area contributed by atoms with E-state index in [0.717, 1.165) is 5.56 Å². The predicted octanol–water partition coefficient (Wildman–Crippen LogP) is 0.843. The van der Waals surface area contributed by atoms with Gasteiger partial charge in [-0.2, -0.15) is 0 Å². The SMILES string of the molecule is Cc1cnc(Cl)nc1NCCO. The third-order valence-corrected chi connectivity index (χ3v) is 1.53. The van der Waals surface area contributed by atoms with Crippen LogP contribution in [0.15, 0.2) is 6.20 Å². The standard InChI is InChI=1S/C7H10ClN3O/c1-5-4-10-7(8)11-6(5)9-2-3-12/h4,12H,2-3H2,1H3,(H,9,10,11). The van der Waals surface area contributed by atoms with E-state index in [-0.39, 0.29) is 11.9 Å². The van der Waals surface area contributed by atoms with E-state index in [2.05, 4.69) is 15.3 Å². The Kier molecular flexibility index (Phi) is 3.25. The maximum Gasteiger partial charge on any atom is 0.224 e. The first kappa shape index (κ1) is 9.22. The van der Waals surface area contributed by atoms with Gasteiger partial charge in [0.05, 0.1) is 6.61 Å². The number of hydrogen-bond donors (Lipinski definition) is 2.